The summed E-state index contributed by atoms with van der Waals surface area (Å²) in [5.41, 5.74) is 2.05. The number of nitrogens with zero attached hydrogens (tertiary/aromatic N) is 1. The maximum atomic E-state index is 13.9. The van der Waals surface area contributed by atoms with Crippen molar-refractivity contribution in [3.63, 3.8) is 0 Å². The van der Waals surface area contributed by atoms with Gasteiger partial charge in [0.05, 0.1) is 24.0 Å². The van der Waals surface area contributed by atoms with Crippen molar-refractivity contribution in [2.24, 2.45) is 0 Å². The van der Waals surface area contributed by atoms with Crippen LogP contribution in [0.25, 0.3) is 0 Å². The van der Waals surface area contributed by atoms with E-state index in [4.69, 9.17) is 9.47 Å². The predicted molar refractivity (Wildman–Crippen MR) is 152 cm³/mol. The maximum absolute atomic E-state index is 13.9. The van der Waals surface area contributed by atoms with Crippen LogP contribution in [0.2, 0.25) is 0 Å². The van der Waals surface area contributed by atoms with E-state index in [1.165, 1.54) is 40.6 Å². The highest BCUT2D eigenvalue weighted by Crippen LogP contribution is 2.30. The summed E-state index contributed by atoms with van der Waals surface area (Å²) in [6.07, 6.45) is 12.0. The van der Waals surface area contributed by atoms with Crippen LogP contribution in [0, 0.1) is 0 Å². The molecule has 0 aromatic heterocycles. The highest BCUT2D eigenvalue weighted by molar-refractivity contribution is 7.89. The Morgan fingerprint density at radius 2 is 1.54 bits per heavy atom. The molecule has 0 bridgehead atoms. The first-order valence-electron chi connectivity index (χ1n) is 13.7. The van der Waals surface area contributed by atoms with Crippen LogP contribution in [0.15, 0.2) is 63.9 Å². The topological polar surface area (TPSA) is 102 Å². The minimum Gasteiger partial charge on any atom is -0.493 e. The van der Waals surface area contributed by atoms with E-state index in [9.17, 15) is 16.8 Å². The Morgan fingerprint density at radius 3 is 2.18 bits per heavy atom. The molecule has 2 aliphatic carbocycles. The van der Waals surface area contributed by atoms with Gasteiger partial charge in [0.1, 0.15) is 0 Å². The highest BCUT2D eigenvalue weighted by atomic mass is 32.2. The number of ether oxygens (including phenoxy) is 2. The summed E-state index contributed by atoms with van der Waals surface area (Å²) in [5, 5.41) is 0. The molecule has 0 saturated heterocycles. The fraction of sp³-hybridized carbons (Fsp3) is 0.517. The van der Waals surface area contributed by atoms with Crippen molar-refractivity contribution >= 4 is 20.0 Å². The van der Waals surface area contributed by atoms with Crippen LogP contribution in [0.4, 0.5) is 0 Å². The first kappa shape index (κ1) is 29.6. The molecule has 2 aliphatic rings. The lowest BCUT2D eigenvalue weighted by Crippen LogP contribution is -2.36. The van der Waals surface area contributed by atoms with Crippen molar-refractivity contribution in [2.45, 2.75) is 86.6 Å². The standard InChI is InChI=1S/C29H40N2O6S2/c1-36-28-18-13-24(21-29(28)37-2)22-31(20-19-23-9-5-3-6-10-23)39(34,35)27-16-14-26(15-17-27)38(32,33)30-25-11-7-4-8-12-25/h9,13-18,21,25,30H,3-8,10-12,19-20,22H2,1-2H3. The summed E-state index contributed by atoms with van der Waals surface area (Å²) in [7, 11) is -4.53. The van der Waals surface area contributed by atoms with Gasteiger partial charge in [-0.25, -0.2) is 21.6 Å². The molecule has 8 nitrogen and oxygen atoms in total. The normalized spacial score (nSPS) is 17.2. The largest absolute Gasteiger partial charge is 0.493 e. The number of hydrogen-bond donors (Lipinski definition) is 1. The Hall–Kier alpha value is -2.40. The number of benzene rings is 2. The quantitative estimate of drug-likeness (QED) is 0.340. The smallest absolute Gasteiger partial charge is 0.243 e. The molecule has 4 rings (SSSR count). The number of methoxy groups -OCH3 is 2. The predicted octanol–water partition coefficient (Wildman–Crippen LogP) is 5.40. The molecule has 214 valence electrons. The number of allylic oxidation sites excluding steroid dienone is 1. The zero-order valence-electron chi connectivity index (χ0n) is 22.9. The van der Waals surface area contributed by atoms with Crippen LogP contribution in [-0.4, -0.2) is 47.9 Å². The Labute approximate surface area is 233 Å². The highest BCUT2D eigenvalue weighted by Gasteiger charge is 2.27. The molecule has 1 saturated carbocycles. The van der Waals surface area contributed by atoms with Gasteiger partial charge in [-0.3, -0.25) is 0 Å². The van der Waals surface area contributed by atoms with Crippen LogP contribution in [0.5, 0.6) is 11.5 Å². The zero-order valence-corrected chi connectivity index (χ0v) is 24.5. The third-order valence-electron chi connectivity index (χ3n) is 7.57. The Balaban J connectivity index is 1.57. The van der Waals surface area contributed by atoms with Gasteiger partial charge >= 0.3 is 0 Å². The van der Waals surface area contributed by atoms with Crippen molar-refractivity contribution < 1.29 is 26.3 Å². The Morgan fingerprint density at radius 1 is 0.846 bits per heavy atom. The number of rotatable bonds is 12. The van der Waals surface area contributed by atoms with E-state index in [1.807, 2.05) is 6.07 Å². The van der Waals surface area contributed by atoms with Gasteiger partial charge in [0.25, 0.3) is 0 Å². The van der Waals surface area contributed by atoms with Crippen molar-refractivity contribution in [3.8, 4) is 11.5 Å². The molecular formula is C29H40N2O6S2. The molecule has 39 heavy (non-hydrogen) atoms. The summed E-state index contributed by atoms with van der Waals surface area (Å²) < 4.78 is 68.6. The average Bonchev–Trinajstić information content (AvgIpc) is 2.96. The molecular weight excluding hydrogens is 536 g/mol. The maximum Gasteiger partial charge on any atom is 0.243 e. The molecule has 0 spiro atoms. The number of sulfonamides is 2. The summed E-state index contributed by atoms with van der Waals surface area (Å²) in [5.74, 6) is 1.10. The second kappa shape index (κ2) is 13.3. The van der Waals surface area contributed by atoms with E-state index >= 15 is 0 Å². The van der Waals surface area contributed by atoms with Crippen LogP contribution >= 0.6 is 0 Å². The van der Waals surface area contributed by atoms with Crippen molar-refractivity contribution in [1.82, 2.24) is 9.03 Å². The van der Waals surface area contributed by atoms with Gasteiger partial charge in [0, 0.05) is 19.1 Å². The molecule has 0 unspecified atom stereocenters. The Kier molecular flexibility index (Phi) is 10.1. The zero-order chi connectivity index (χ0) is 27.9. The molecule has 0 aliphatic heterocycles. The van der Waals surface area contributed by atoms with Crippen molar-refractivity contribution in [1.29, 1.82) is 0 Å². The SMILES string of the molecule is COc1ccc(CN(CCC2=CCCCC2)S(=O)(=O)c2ccc(S(=O)(=O)NC3CCCCC3)cc2)cc1OC. The van der Waals surface area contributed by atoms with Crippen LogP contribution in [0.3, 0.4) is 0 Å². The fourth-order valence-electron chi connectivity index (χ4n) is 5.31. The lowest BCUT2D eigenvalue weighted by atomic mass is 9.96. The first-order valence-corrected chi connectivity index (χ1v) is 16.7. The lowest BCUT2D eigenvalue weighted by molar-refractivity contribution is 0.353. The van der Waals surface area contributed by atoms with Crippen molar-refractivity contribution in [2.75, 3.05) is 20.8 Å². The molecule has 2 aromatic rings. The van der Waals surface area contributed by atoms with E-state index in [0.29, 0.717) is 24.5 Å². The summed E-state index contributed by atoms with van der Waals surface area (Å²) in [6, 6.07) is 10.9. The van der Waals surface area contributed by atoms with E-state index in [0.717, 1.165) is 56.9 Å². The monoisotopic (exact) mass is 576 g/mol. The average molecular weight is 577 g/mol. The van der Waals surface area contributed by atoms with Gasteiger partial charge < -0.3 is 9.47 Å². The molecule has 10 heteroatoms. The van der Waals surface area contributed by atoms with Gasteiger partial charge in [-0.05, 0) is 86.9 Å². The van der Waals surface area contributed by atoms with Crippen LogP contribution in [-0.2, 0) is 26.6 Å². The molecule has 0 radical (unpaired) electrons. The minimum atomic E-state index is -3.91. The van der Waals surface area contributed by atoms with Gasteiger partial charge in [0.2, 0.25) is 20.0 Å². The molecule has 1 fully saturated rings. The molecule has 1 N–H and O–H groups in total. The molecule has 0 amide bonds. The molecule has 2 aromatic carbocycles. The summed E-state index contributed by atoms with van der Waals surface area (Å²) in [4.78, 5) is 0.142. The Bertz CT molecular complexity index is 1350. The van der Waals surface area contributed by atoms with E-state index in [2.05, 4.69) is 10.8 Å². The number of nitrogens with one attached hydrogen (secondary N) is 1. The summed E-state index contributed by atoms with van der Waals surface area (Å²) >= 11 is 0. The van der Waals surface area contributed by atoms with Crippen LogP contribution in [0.1, 0.15) is 69.8 Å². The lowest BCUT2D eigenvalue weighted by Gasteiger charge is -2.24. The van der Waals surface area contributed by atoms with E-state index < -0.39 is 20.0 Å². The van der Waals surface area contributed by atoms with E-state index in [-0.39, 0.29) is 22.4 Å². The van der Waals surface area contributed by atoms with Gasteiger partial charge in [-0.15, -0.1) is 0 Å². The van der Waals surface area contributed by atoms with Gasteiger partial charge in [-0.2, -0.15) is 4.31 Å². The summed E-state index contributed by atoms with van der Waals surface area (Å²) in [6.45, 7) is 0.477. The third kappa shape index (κ3) is 7.63. The van der Waals surface area contributed by atoms with Crippen molar-refractivity contribution in [3.05, 3.63) is 59.7 Å². The van der Waals surface area contributed by atoms with E-state index in [1.54, 1.807) is 26.4 Å². The second-order valence-corrected chi connectivity index (χ2v) is 14.0. The first-order chi connectivity index (χ1) is 18.7. The van der Waals surface area contributed by atoms with Gasteiger partial charge in [0.15, 0.2) is 11.5 Å². The van der Waals surface area contributed by atoms with Crippen LogP contribution < -0.4 is 14.2 Å². The molecule has 0 atom stereocenters. The van der Waals surface area contributed by atoms with Gasteiger partial charge in [-0.1, -0.05) is 37.0 Å². The second-order valence-electron chi connectivity index (χ2n) is 10.3. The minimum absolute atomic E-state index is 0.0669. The molecule has 0 heterocycles. The fourth-order valence-corrected chi connectivity index (χ4v) is 8.05. The third-order valence-corrected chi connectivity index (χ3v) is 11.0. The number of hydrogen-bond acceptors (Lipinski definition) is 6.